The molecular formula is C21H33InN4O3. The molecule has 1 amide bonds. The van der Waals surface area contributed by atoms with Gasteiger partial charge in [0.25, 0.3) is 5.91 Å². The summed E-state index contributed by atoms with van der Waals surface area (Å²) in [6.45, 7) is 9.30. The average Bonchev–Trinajstić information content (AvgIpc) is 2.67. The monoisotopic (exact) mass is 504 g/mol. The van der Waals surface area contributed by atoms with Crippen LogP contribution in [0.25, 0.3) is 0 Å². The van der Waals surface area contributed by atoms with Crippen LogP contribution in [0.5, 0.6) is 0 Å². The summed E-state index contributed by atoms with van der Waals surface area (Å²) in [7, 11) is 0. The summed E-state index contributed by atoms with van der Waals surface area (Å²) in [5, 5.41) is 10.0. The van der Waals surface area contributed by atoms with Gasteiger partial charge < -0.3 is 20.9 Å². The molecule has 158 valence electrons. The quantitative estimate of drug-likeness (QED) is 0.377. The number of nitrogens with zero attached hydrogens (tertiary/aromatic N) is 1. The van der Waals surface area contributed by atoms with E-state index in [-0.39, 0.29) is 43.3 Å². The molecule has 7 nitrogen and oxygen atoms in total. The molecule has 1 heterocycles. The molecule has 1 aliphatic heterocycles. The molecule has 0 aromatic heterocycles. The van der Waals surface area contributed by atoms with Gasteiger partial charge in [-0.1, -0.05) is 12.1 Å². The van der Waals surface area contributed by atoms with Crippen LogP contribution in [0.1, 0.15) is 34.6 Å². The Morgan fingerprint density at radius 1 is 0.793 bits per heavy atom. The molecule has 0 unspecified atom stereocenters. The maximum absolute atomic E-state index is 12.9. The van der Waals surface area contributed by atoms with Crippen molar-refractivity contribution in [3.8, 4) is 0 Å². The van der Waals surface area contributed by atoms with Crippen molar-refractivity contribution in [1.82, 2.24) is 20.9 Å². The molecule has 8 heteroatoms. The summed E-state index contributed by atoms with van der Waals surface area (Å²) in [6.07, 6.45) is 1.33. The van der Waals surface area contributed by atoms with Gasteiger partial charge in [0.15, 0.2) is 11.6 Å². The molecule has 0 saturated carbocycles. The van der Waals surface area contributed by atoms with E-state index in [0.717, 1.165) is 39.3 Å². The Bertz CT molecular complexity index is 707. The van der Waals surface area contributed by atoms with Gasteiger partial charge in [-0.3, -0.25) is 14.4 Å². The molecule has 0 aliphatic carbocycles. The Hall–Kier alpha value is -1.48. The summed E-state index contributed by atoms with van der Waals surface area (Å²) in [4.78, 5) is 38.2. The van der Waals surface area contributed by atoms with E-state index >= 15 is 0 Å². The summed E-state index contributed by atoms with van der Waals surface area (Å²) in [6, 6.07) is 6.65. The van der Waals surface area contributed by atoms with Crippen molar-refractivity contribution in [2.45, 2.75) is 13.8 Å². The second-order valence-electron chi connectivity index (χ2n) is 6.89. The van der Waals surface area contributed by atoms with Crippen LogP contribution < -0.4 is 16.0 Å². The van der Waals surface area contributed by atoms with Gasteiger partial charge >= 0.3 is 25.8 Å². The van der Waals surface area contributed by atoms with Gasteiger partial charge in [0.2, 0.25) is 0 Å². The molecule has 1 aromatic carbocycles. The molecule has 0 spiro atoms. The first-order chi connectivity index (χ1) is 13.5. The number of carbonyl (C=O) groups excluding carboxylic acids is 3. The van der Waals surface area contributed by atoms with Gasteiger partial charge in [0, 0.05) is 69.1 Å². The summed E-state index contributed by atoms with van der Waals surface area (Å²) >= 11 is 0. The van der Waals surface area contributed by atoms with Crippen molar-refractivity contribution >= 4 is 43.3 Å². The van der Waals surface area contributed by atoms with Gasteiger partial charge in [-0.15, -0.1) is 0 Å². The number of amides is 1. The Morgan fingerprint density at radius 2 is 1.24 bits per heavy atom. The van der Waals surface area contributed by atoms with Crippen LogP contribution in [-0.4, -0.2) is 101 Å². The Morgan fingerprint density at radius 3 is 1.72 bits per heavy atom. The van der Waals surface area contributed by atoms with Crippen LogP contribution in [0.2, 0.25) is 0 Å². The Labute approximate surface area is 191 Å². The third kappa shape index (κ3) is 8.82. The van der Waals surface area contributed by atoms with Crippen molar-refractivity contribution in [3.05, 3.63) is 47.0 Å². The van der Waals surface area contributed by atoms with Gasteiger partial charge in [0.1, 0.15) is 0 Å². The molecule has 0 radical (unpaired) electrons. The molecule has 0 atom stereocenters. The van der Waals surface area contributed by atoms with Gasteiger partial charge in [-0.05, 0) is 32.1 Å². The number of hydrogen-bond acceptors (Lipinski definition) is 6. The summed E-state index contributed by atoms with van der Waals surface area (Å²) in [5.41, 5.74) is 1.41. The van der Waals surface area contributed by atoms with Gasteiger partial charge in [-0.25, -0.2) is 0 Å². The van der Waals surface area contributed by atoms with Crippen molar-refractivity contribution in [3.63, 3.8) is 0 Å². The number of Topliss-reactive ketones (excluding diaryl/α,β-unsaturated/α-hetero) is 1. The summed E-state index contributed by atoms with van der Waals surface area (Å²) < 4.78 is 0. The van der Waals surface area contributed by atoms with E-state index in [1.165, 1.54) is 13.0 Å². The zero-order valence-corrected chi connectivity index (χ0v) is 16.7. The van der Waals surface area contributed by atoms with Gasteiger partial charge in [0.05, 0.1) is 0 Å². The fraction of sp³-hybridized carbons (Fsp3) is 0.476. The second-order valence-corrected chi connectivity index (χ2v) is 6.89. The molecule has 29 heavy (non-hydrogen) atoms. The van der Waals surface area contributed by atoms with Crippen LogP contribution in [0, 0.1) is 0 Å². The van der Waals surface area contributed by atoms with E-state index in [0.29, 0.717) is 29.8 Å². The molecule has 3 N–H and O–H groups in total. The SMILES string of the molecule is CC(=O)/C=C(/C)C(=O)c1ccc(C(=O)N2CCNCCNCCNCC2)cc1.[InH3]. The number of hydrogen-bond donors (Lipinski definition) is 3. The van der Waals surface area contributed by atoms with Crippen molar-refractivity contribution in [2.24, 2.45) is 0 Å². The van der Waals surface area contributed by atoms with Crippen molar-refractivity contribution in [1.29, 1.82) is 0 Å². The van der Waals surface area contributed by atoms with E-state index in [4.69, 9.17) is 0 Å². The zero-order chi connectivity index (χ0) is 20.4. The Balaban J connectivity index is 0.00000420. The van der Waals surface area contributed by atoms with E-state index in [9.17, 15) is 14.4 Å². The third-order valence-electron chi connectivity index (χ3n) is 4.53. The zero-order valence-electron chi connectivity index (χ0n) is 16.7. The number of benzene rings is 1. The van der Waals surface area contributed by atoms with Crippen LogP contribution in [0.3, 0.4) is 0 Å². The predicted octanol–water partition coefficient (Wildman–Crippen LogP) is -0.555. The van der Waals surface area contributed by atoms with Crippen LogP contribution in [0.4, 0.5) is 0 Å². The molecule has 0 bridgehead atoms. The van der Waals surface area contributed by atoms with Crippen LogP contribution >= 0.6 is 0 Å². The van der Waals surface area contributed by atoms with Crippen LogP contribution in [0.15, 0.2) is 35.9 Å². The number of allylic oxidation sites excluding steroid dienone is 2. The topological polar surface area (TPSA) is 90.5 Å². The second kappa shape index (κ2) is 13.7. The van der Waals surface area contributed by atoms with E-state index < -0.39 is 0 Å². The average molecular weight is 504 g/mol. The molecule has 1 aliphatic rings. The Kier molecular flexibility index (Phi) is 12.1. The van der Waals surface area contributed by atoms with E-state index in [2.05, 4.69) is 16.0 Å². The standard InChI is InChI=1S/C21H30N4O3.In.3H/c1-16(15-17(2)26)20(27)18-3-5-19(6-4-18)21(28)25-13-11-23-9-7-22-8-10-24-12-14-25;;;;/h3-6,15,22-24H,7-14H2,1-2H3;;;;/b16-15-;;;;. The third-order valence-corrected chi connectivity index (χ3v) is 4.53. The first-order valence-corrected chi connectivity index (χ1v) is 9.74. The van der Waals surface area contributed by atoms with Crippen LogP contribution in [-0.2, 0) is 4.79 Å². The van der Waals surface area contributed by atoms with Crippen molar-refractivity contribution < 1.29 is 14.4 Å². The number of rotatable bonds is 4. The molecule has 1 aromatic rings. The molecule has 2 rings (SSSR count). The normalized spacial score (nSPS) is 16.8. The minimum absolute atomic E-state index is 0. The molecule has 1 fully saturated rings. The molecular weight excluding hydrogens is 471 g/mol. The fourth-order valence-corrected chi connectivity index (χ4v) is 3.02. The number of ketones is 2. The predicted molar refractivity (Wildman–Crippen MR) is 120 cm³/mol. The fourth-order valence-electron chi connectivity index (χ4n) is 3.02. The van der Waals surface area contributed by atoms with E-state index in [1.807, 2.05) is 4.90 Å². The first kappa shape index (κ1) is 25.6. The molecule has 1 saturated heterocycles. The number of carbonyl (C=O) groups is 3. The minimum atomic E-state index is -0.206. The first-order valence-electron chi connectivity index (χ1n) is 9.74. The van der Waals surface area contributed by atoms with Gasteiger partial charge in [-0.2, -0.15) is 0 Å². The van der Waals surface area contributed by atoms with Crippen molar-refractivity contribution in [2.75, 3.05) is 52.4 Å². The number of nitrogens with one attached hydrogen (secondary N) is 3. The maximum atomic E-state index is 12.9. The van der Waals surface area contributed by atoms with E-state index in [1.54, 1.807) is 31.2 Å². The summed E-state index contributed by atoms with van der Waals surface area (Å²) in [5.74, 6) is -0.415.